The van der Waals surface area contributed by atoms with Crippen LogP contribution in [-0.4, -0.2) is 63.5 Å². The first-order valence-electron chi connectivity index (χ1n) is 9.62. The Balaban J connectivity index is 1.34. The number of carbonyl (C=O) groups excluding carboxylic acids is 1. The Morgan fingerprint density at radius 2 is 1.96 bits per heavy atom. The van der Waals surface area contributed by atoms with Gasteiger partial charge in [-0.25, -0.2) is 4.98 Å². The van der Waals surface area contributed by atoms with Gasteiger partial charge in [0.25, 0.3) is 5.56 Å². The van der Waals surface area contributed by atoms with Crippen LogP contribution in [0, 0.1) is 5.92 Å². The molecule has 0 N–H and O–H groups in total. The maximum Gasteiger partial charge on any atom is 0.258 e. The fourth-order valence-corrected chi connectivity index (χ4v) is 4.89. The van der Waals surface area contributed by atoms with Gasteiger partial charge in [0, 0.05) is 43.2 Å². The molecular formula is C19H26N4O3S. The summed E-state index contributed by atoms with van der Waals surface area (Å²) in [5.74, 6) is 0.366. The fraction of sp³-hybridized carbons (Fsp3) is 0.632. The van der Waals surface area contributed by atoms with E-state index in [1.165, 1.54) is 11.3 Å². The Morgan fingerprint density at radius 3 is 2.67 bits per heavy atom. The van der Waals surface area contributed by atoms with Gasteiger partial charge in [-0.05, 0) is 39.8 Å². The molecule has 1 amide bonds. The molecule has 2 aliphatic rings. The lowest BCUT2D eigenvalue weighted by Crippen LogP contribution is -2.51. The van der Waals surface area contributed by atoms with Crippen LogP contribution in [0.5, 0.6) is 0 Å². The molecule has 2 aromatic heterocycles. The van der Waals surface area contributed by atoms with Crippen molar-refractivity contribution >= 4 is 22.2 Å². The number of fused-ring (bicyclic) bond motifs is 1. The summed E-state index contributed by atoms with van der Waals surface area (Å²) in [6, 6.07) is 1.62. The molecule has 0 spiro atoms. The molecule has 0 saturated carbocycles. The van der Waals surface area contributed by atoms with Crippen LogP contribution >= 0.6 is 11.3 Å². The molecule has 2 aliphatic heterocycles. The molecule has 0 unspecified atom stereocenters. The highest BCUT2D eigenvalue weighted by molar-refractivity contribution is 7.15. The molecule has 2 saturated heterocycles. The largest absolute Gasteiger partial charge is 0.372 e. The van der Waals surface area contributed by atoms with Crippen LogP contribution in [0.1, 0.15) is 32.4 Å². The highest BCUT2D eigenvalue weighted by Gasteiger charge is 2.32. The molecule has 4 rings (SSSR count). The lowest BCUT2D eigenvalue weighted by molar-refractivity contribution is -0.148. The summed E-state index contributed by atoms with van der Waals surface area (Å²) in [5, 5.41) is 1.87. The van der Waals surface area contributed by atoms with Crippen LogP contribution in [0.2, 0.25) is 0 Å². The molecule has 0 bridgehead atoms. The number of hydrogen-bond acceptors (Lipinski definition) is 6. The van der Waals surface area contributed by atoms with Crippen molar-refractivity contribution in [2.45, 2.75) is 45.4 Å². The zero-order valence-corrected chi connectivity index (χ0v) is 16.7. The second-order valence-electron chi connectivity index (χ2n) is 7.69. The predicted molar refractivity (Wildman–Crippen MR) is 104 cm³/mol. The van der Waals surface area contributed by atoms with E-state index < -0.39 is 0 Å². The number of likely N-dealkylation sites (tertiary alicyclic amines) is 1. The molecule has 27 heavy (non-hydrogen) atoms. The number of rotatable bonds is 3. The summed E-state index contributed by atoms with van der Waals surface area (Å²) in [4.78, 5) is 34.6. The number of piperidine rings is 1. The van der Waals surface area contributed by atoms with Crippen molar-refractivity contribution in [3.05, 3.63) is 33.7 Å². The second-order valence-corrected chi connectivity index (χ2v) is 8.57. The number of carbonyl (C=O) groups is 1. The van der Waals surface area contributed by atoms with Crippen LogP contribution in [0.4, 0.5) is 0 Å². The average molecular weight is 391 g/mol. The highest BCUT2D eigenvalue weighted by atomic mass is 32.1. The molecule has 2 fully saturated rings. The van der Waals surface area contributed by atoms with Gasteiger partial charge in [-0.1, -0.05) is 0 Å². The number of thiazole rings is 1. The smallest absolute Gasteiger partial charge is 0.258 e. The van der Waals surface area contributed by atoms with Crippen LogP contribution < -0.4 is 5.56 Å². The maximum atomic E-state index is 12.9. The minimum Gasteiger partial charge on any atom is -0.372 e. The Labute approximate surface area is 162 Å². The zero-order chi connectivity index (χ0) is 19.0. The van der Waals surface area contributed by atoms with Crippen molar-refractivity contribution in [2.75, 3.05) is 26.2 Å². The van der Waals surface area contributed by atoms with Crippen molar-refractivity contribution in [3.63, 3.8) is 0 Å². The van der Waals surface area contributed by atoms with Crippen molar-refractivity contribution in [3.8, 4) is 0 Å². The van der Waals surface area contributed by atoms with Gasteiger partial charge in [0.1, 0.15) is 0 Å². The third-order valence-corrected chi connectivity index (χ3v) is 6.17. The van der Waals surface area contributed by atoms with E-state index in [0.717, 1.165) is 36.6 Å². The van der Waals surface area contributed by atoms with Crippen LogP contribution in [-0.2, 0) is 16.1 Å². The SMILES string of the molecule is C[C@@H]1CN(C(=O)C2CCN(Cc3cc(=O)n4ccsc4n3)CC2)C[C@@H](C)O1. The van der Waals surface area contributed by atoms with Gasteiger partial charge in [-0.15, -0.1) is 11.3 Å². The van der Waals surface area contributed by atoms with E-state index in [1.54, 1.807) is 16.7 Å². The first-order chi connectivity index (χ1) is 13.0. The molecular weight excluding hydrogens is 364 g/mol. The molecule has 0 aromatic carbocycles. The van der Waals surface area contributed by atoms with Gasteiger partial charge in [-0.3, -0.25) is 18.9 Å². The van der Waals surface area contributed by atoms with Crippen LogP contribution in [0.15, 0.2) is 22.4 Å². The molecule has 2 atom stereocenters. The molecule has 0 aliphatic carbocycles. The standard InChI is InChI=1S/C19H26N4O3S/c1-13-10-22(11-14(2)26-13)18(25)15-3-5-21(6-4-15)12-16-9-17(24)23-7-8-27-19(23)20-16/h7-9,13-15H,3-6,10-12H2,1-2H3/t13-,14-/m1/s1. The van der Waals surface area contributed by atoms with Gasteiger partial charge in [0.05, 0.1) is 17.9 Å². The normalized spacial score (nSPS) is 25.2. The highest BCUT2D eigenvalue weighted by Crippen LogP contribution is 2.23. The number of hydrogen-bond donors (Lipinski definition) is 0. The summed E-state index contributed by atoms with van der Waals surface area (Å²) in [6.45, 7) is 7.82. The Kier molecular flexibility index (Phi) is 5.29. The van der Waals surface area contributed by atoms with E-state index in [4.69, 9.17) is 4.74 Å². The third kappa shape index (κ3) is 4.07. The molecule has 0 radical (unpaired) electrons. The van der Waals surface area contributed by atoms with Crippen LogP contribution in [0.25, 0.3) is 4.96 Å². The van der Waals surface area contributed by atoms with E-state index >= 15 is 0 Å². The summed E-state index contributed by atoms with van der Waals surface area (Å²) >= 11 is 1.47. The van der Waals surface area contributed by atoms with Gasteiger partial charge >= 0.3 is 0 Å². The second kappa shape index (κ2) is 7.69. The van der Waals surface area contributed by atoms with Crippen LogP contribution in [0.3, 0.4) is 0 Å². The molecule has 4 heterocycles. The lowest BCUT2D eigenvalue weighted by atomic mass is 9.94. The molecule has 7 nitrogen and oxygen atoms in total. The van der Waals surface area contributed by atoms with E-state index in [9.17, 15) is 9.59 Å². The number of aromatic nitrogens is 2. The number of amides is 1. The summed E-state index contributed by atoms with van der Waals surface area (Å²) in [7, 11) is 0. The van der Waals surface area contributed by atoms with Crippen molar-refractivity contribution in [1.29, 1.82) is 0 Å². The van der Waals surface area contributed by atoms with Crippen molar-refractivity contribution in [2.24, 2.45) is 5.92 Å². The third-order valence-electron chi connectivity index (χ3n) is 5.41. The fourth-order valence-electron chi connectivity index (χ4n) is 4.15. The number of morpholine rings is 1. The summed E-state index contributed by atoms with van der Waals surface area (Å²) in [6.07, 6.45) is 3.69. The van der Waals surface area contributed by atoms with Gasteiger partial charge in [0.15, 0.2) is 4.96 Å². The van der Waals surface area contributed by atoms with E-state index in [-0.39, 0.29) is 29.6 Å². The number of ether oxygens (including phenoxy) is 1. The van der Waals surface area contributed by atoms with Crippen molar-refractivity contribution in [1.82, 2.24) is 19.2 Å². The predicted octanol–water partition coefficient (Wildman–Crippen LogP) is 1.60. The van der Waals surface area contributed by atoms with E-state index in [1.807, 2.05) is 24.1 Å². The summed E-state index contributed by atoms with van der Waals surface area (Å²) in [5.41, 5.74) is 0.778. The van der Waals surface area contributed by atoms with Gasteiger partial charge < -0.3 is 9.64 Å². The monoisotopic (exact) mass is 390 g/mol. The van der Waals surface area contributed by atoms with E-state index in [2.05, 4.69) is 9.88 Å². The van der Waals surface area contributed by atoms with Gasteiger partial charge in [-0.2, -0.15) is 0 Å². The minimum absolute atomic E-state index is 0.0307. The first-order valence-corrected chi connectivity index (χ1v) is 10.5. The topological polar surface area (TPSA) is 67.2 Å². The summed E-state index contributed by atoms with van der Waals surface area (Å²) < 4.78 is 7.31. The maximum absolute atomic E-state index is 12.9. The van der Waals surface area contributed by atoms with E-state index in [0.29, 0.717) is 19.6 Å². The number of nitrogens with zero attached hydrogens (tertiary/aromatic N) is 4. The van der Waals surface area contributed by atoms with Gasteiger partial charge in [0.2, 0.25) is 5.91 Å². The molecule has 8 heteroatoms. The Bertz CT molecular complexity index is 861. The first kappa shape index (κ1) is 18.6. The lowest BCUT2D eigenvalue weighted by Gasteiger charge is -2.39. The zero-order valence-electron chi connectivity index (χ0n) is 15.8. The minimum atomic E-state index is -0.0307. The Morgan fingerprint density at radius 1 is 1.26 bits per heavy atom. The molecule has 146 valence electrons. The quantitative estimate of drug-likeness (QED) is 0.796. The van der Waals surface area contributed by atoms with Crippen molar-refractivity contribution < 1.29 is 9.53 Å². The molecule has 2 aromatic rings. The average Bonchev–Trinajstić information content (AvgIpc) is 3.10. The Hall–Kier alpha value is -1.77.